The molecule has 0 atom stereocenters. The van der Waals surface area contributed by atoms with Crippen LogP contribution in [-0.2, 0) is 22.2 Å². The summed E-state index contributed by atoms with van der Waals surface area (Å²) in [6.45, 7) is 0.777. The predicted molar refractivity (Wildman–Crippen MR) is 220 cm³/mol. The quantitative estimate of drug-likeness (QED) is 0.124. The van der Waals surface area contributed by atoms with Gasteiger partial charge in [0.05, 0.1) is 18.7 Å². The first-order valence-corrected chi connectivity index (χ1v) is 18.0. The molecule has 0 fully saturated rings. The van der Waals surface area contributed by atoms with E-state index in [4.69, 9.17) is 10.2 Å². The predicted octanol–water partition coefficient (Wildman–Crippen LogP) is 8.89. The van der Waals surface area contributed by atoms with Crippen molar-refractivity contribution in [3.63, 3.8) is 0 Å². The summed E-state index contributed by atoms with van der Waals surface area (Å²) in [6.07, 6.45) is 0.305. The molecule has 290 valence electrons. The van der Waals surface area contributed by atoms with E-state index in [9.17, 15) is 22.8 Å². The van der Waals surface area contributed by atoms with Gasteiger partial charge in [-0.05, 0) is 79.2 Å². The van der Waals surface area contributed by atoms with Crippen LogP contribution in [0.3, 0.4) is 0 Å². The Hall–Kier alpha value is -6.65. The zero-order chi connectivity index (χ0) is 41.0. The molecule has 0 spiro atoms. The number of halogens is 3. The molecule has 0 unspecified atom stereocenters. The summed E-state index contributed by atoms with van der Waals surface area (Å²) in [6, 6.07) is 42.6. The van der Waals surface area contributed by atoms with Crippen LogP contribution in [0.25, 0.3) is 11.1 Å². The van der Waals surface area contributed by atoms with Crippen LogP contribution in [0.1, 0.15) is 38.9 Å². The van der Waals surface area contributed by atoms with E-state index in [2.05, 4.69) is 60.1 Å². The van der Waals surface area contributed by atoms with Gasteiger partial charge in [-0.25, -0.2) is 0 Å². The fraction of sp³-hybridized carbons (Fsp3) is 0.167. The van der Waals surface area contributed by atoms with Gasteiger partial charge in [-0.2, -0.15) is 13.2 Å². The molecule has 0 radical (unpaired) electrons. The molecular weight excluding hydrogens is 726 g/mol. The zero-order valence-corrected chi connectivity index (χ0v) is 31.7. The fourth-order valence-corrected chi connectivity index (χ4v) is 5.36. The van der Waals surface area contributed by atoms with Gasteiger partial charge in [0.2, 0.25) is 0 Å². The van der Waals surface area contributed by atoms with Gasteiger partial charge in [0, 0.05) is 35.4 Å². The first-order valence-electron chi connectivity index (χ1n) is 18.0. The summed E-state index contributed by atoms with van der Waals surface area (Å²) >= 11 is 0. The highest BCUT2D eigenvalue weighted by atomic mass is 19.4. The number of allylic oxidation sites excluding steroid dienone is 2. The number of carbonyl (C=O) groups is 2. The number of nitrogens with zero attached hydrogens (tertiary/aromatic N) is 2. The van der Waals surface area contributed by atoms with Crippen molar-refractivity contribution in [1.29, 1.82) is 0 Å². The SMILES string of the molecule is CN(CC=C(C#Cc1ccc(C(F)(F)F)cc1)c1ccccc1)CC(=O)O.CN(CC=C(C#Cc1ccc(Cc2ccccc2)cc1)c1ccccc1)CC(=O)O. The Bertz CT molecular complexity index is 2230. The van der Waals surface area contributed by atoms with Gasteiger partial charge in [0.15, 0.2) is 0 Å². The highest BCUT2D eigenvalue weighted by Crippen LogP contribution is 2.29. The monoisotopic (exact) mass is 768 g/mol. The molecule has 5 aromatic carbocycles. The van der Waals surface area contributed by atoms with E-state index in [-0.39, 0.29) is 13.1 Å². The van der Waals surface area contributed by atoms with Crippen LogP contribution in [0.15, 0.2) is 152 Å². The molecule has 5 rings (SSSR count). The maximum Gasteiger partial charge on any atom is 0.416 e. The third-order valence-corrected chi connectivity index (χ3v) is 8.29. The lowest BCUT2D eigenvalue weighted by Crippen LogP contribution is -2.25. The van der Waals surface area contributed by atoms with E-state index >= 15 is 0 Å². The lowest BCUT2D eigenvalue weighted by atomic mass is 10.0. The summed E-state index contributed by atoms with van der Waals surface area (Å²) in [4.78, 5) is 25.0. The van der Waals surface area contributed by atoms with Crippen LogP contribution in [0, 0.1) is 23.7 Å². The van der Waals surface area contributed by atoms with Crippen LogP contribution in [-0.4, -0.2) is 72.2 Å². The molecule has 57 heavy (non-hydrogen) atoms. The van der Waals surface area contributed by atoms with Crippen molar-refractivity contribution in [2.45, 2.75) is 12.6 Å². The van der Waals surface area contributed by atoms with Crippen LogP contribution in [0.2, 0.25) is 0 Å². The number of benzene rings is 5. The van der Waals surface area contributed by atoms with E-state index in [1.54, 1.807) is 30.0 Å². The van der Waals surface area contributed by atoms with E-state index in [1.807, 2.05) is 84.9 Å². The Morgan fingerprint density at radius 3 is 1.32 bits per heavy atom. The van der Waals surface area contributed by atoms with E-state index in [0.29, 0.717) is 24.2 Å². The van der Waals surface area contributed by atoms with Crippen LogP contribution < -0.4 is 0 Å². The highest BCUT2D eigenvalue weighted by Gasteiger charge is 2.29. The minimum atomic E-state index is -4.38. The average Bonchev–Trinajstić information content (AvgIpc) is 3.19. The Balaban J connectivity index is 0.000000254. The summed E-state index contributed by atoms with van der Waals surface area (Å²) in [5.74, 6) is 10.6. The molecule has 0 aromatic heterocycles. The number of aliphatic carboxylic acids is 2. The number of hydrogen-bond acceptors (Lipinski definition) is 4. The molecule has 9 heteroatoms. The Morgan fingerprint density at radius 2 is 0.930 bits per heavy atom. The van der Waals surface area contributed by atoms with Gasteiger partial charge < -0.3 is 10.2 Å². The second kappa shape index (κ2) is 22.0. The lowest BCUT2D eigenvalue weighted by molar-refractivity contribution is -0.138. The highest BCUT2D eigenvalue weighted by molar-refractivity contribution is 5.80. The molecule has 0 aliphatic heterocycles. The van der Waals surface area contributed by atoms with Crippen molar-refractivity contribution >= 4 is 23.1 Å². The van der Waals surface area contributed by atoms with Crippen molar-refractivity contribution in [2.75, 3.05) is 40.3 Å². The third kappa shape index (κ3) is 15.9. The molecule has 0 bridgehead atoms. The topological polar surface area (TPSA) is 81.1 Å². The number of carboxylic acids is 2. The standard InChI is InChI=1S/C27H25NO2.C21H18F3NO2/c1-28(21-27(29)30)19-18-26(25-10-6-3-7-11-25)17-16-22-12-14-24(15-13-22)20-23-8-4-2-5-9-23;1-25(15-20(26)27)14-13-18(17-5-3-2-4-6-17)10-7-16-8-11-19(12-9-16)21(22,23)24/h2-15,18H,19-21H2,1H3,(H,29,30);2-6,8-9,11-13H,14-15H2,1H3,(H,26,27). The van der Waals surface area contributed by atoms with Crippen LogP contribution in [0.5, 0.6) is 0 Å². The molecule has 0 saturated heterocycles. The maximum atomic E-state index is 12.6. The van der Waals surface area contributed by atoms with Crippen molar-refractivity contribution in [1.82, 2.24) is 9.80 Å². The van der Waals surface area contributed by atoms with Gasteiger partial charge in [-0.3, -0.25) is 19.4 Å². The smallest absolute Gasteiger partial charge is 0.416 e. The van der Waals surface area contributed by atoms with Crippen LogP contribution >= 0.6 is 0 Å². The Labute approximate surface area is 332 Å². The summed E-state index contributed by atoms with van der Waals surface area (Å²) in [5, 5.41) is 17.8. The molecule has 0 saturated carbocycles. The molecule has 0 amide bonds. The number of likely N-dealkylation sites (N-methyl/N-ethyl adjacent to an activating group) is 2. The number of hydrogen-bond donors (Lipinski definition) is 2. The first-order chi connectivity index (χ1) is 27.4. The van der Waals surface area contributed by atoms with E-state index in [1.165, 1.54) is 23.3 Å². The molecule has 0 heterocycles. The van der Waals surface area contributed by atoms with Gasteiger partial charge in [0.25, 0.3) is 0 Å². The molecule has 0 aliphatic rings. The van der Waals surface area contributed by atoms with Crippen molar-refractivity contribution in [2.24, 2.45) is 0 Å². The molecule has 6 nitrogen and oxygen atoms in total. The fourth-order valence-electron chi connectivity index (χ4n) is 5.36. The molecule has 5 aromatic rings. The lowest BCUT2D eigenvalue weighted by Gasteiger charge is -2.11. The summed E-state index contributed by atoms with van der Waals surface area (Å²) < 4.78 is 37.9. The van der Waals surface area contributed by atoms with Gasteiger partial charge in [-0.15, -0.1) is 0 Å². The average molecular weight is 769 g/mol. The Kier molecular flexibility index (Phi) is 16.7. The number of alkyl halides is 3. The minimum absolute atomic E-state index is 0.00508. The zero-order valence-electron chi connectivity index (χ0n) is 31.7. The van der Waals surface area contributed by atoms with E-state index < -0.39 is 23.7 Å². The summed E-state index contributed by atoms with van der Waals surface area (Å²) in [5.41, 5.74) is 6.67. The van der Waals surface area contributed by atoms with Crippen molar-refractivity contribution in [3.05, 3.63) is 191 Å². The van der Waals surface area contributed by atoms with E-state index in [0.717, 1.165) is 40.8 Å². The van der Waals surface area contributed by atoms with Gasteiger partial charge in [0.1, 0.15) is 0 Å². The summed E-state index contributed by atoms with van der Waals surface area (Å²) in [7, 11) is 3.46. The van der Waals surface area contributed by atoms with Gasteiger partial charge in [-0.1, -0.05) is 139 Å². The van der Waals surface area contributed by atoms with Gasteiger partial charge >= 0.3 is 18.1 Å². The molecule has 0 aliphatic carbocycles. The molecular formula is C48H43F3N2O4. The Morgan fingerprint density at radius 1 is 0.561 bits per heavy atom. The largest absolute Gasteiger partial charge is 0.480 e. The second-order valence-corrected chi connectivity index (χ2v) is 13.1. The van der Waals surface area contributed by atoms with Crippen molar-refractivity contribution in [3.8, 4) is 23.7 Å². The minimum Gasteiger partial charge on any atom is -0.480 e. The van der Waals surface area contributed by atoms with Crippen LogP contribution in [0.4, 0.5) is 13.2 Å². The second-order valence-electron chi connectivity index (χ2n) is 13.1. The van der Waals surface area contributed by atoms with Crippen molar-refractivity contribution < 1.29 is 33.0 Å². The maximum absolute atomic E-state index is 12.6. The number of rotatable bonds is 12. The third-order valence-electron chi connectivity index (χ3n) is 8.29. The molecule has 2 N–H and O–H groups in total. The number of carboxylic acid groups (broad SMARTS) is 2. The normalized spacial score (nSPS) is 11.4. The first kappa shape index (κ1) is 43.1.